The molecule has 3 heterocycles. The second-order valence-electron chi connectivity index (χ2n) is 7.34. The fourth-order valence-corrected chi connectivity index (χ4v) is 5.49. The van der Waals surface area contributed by atoms with Crippen LogP contribution in [0.25, 0.3) is 0 Å². The number of carbonyl (C=O) groups excluding carboxylic acids is 2. The van der Waals surface area contributed by atoms with Crippen molar-refractivity contribution < 1.29 is 22.4 Å². The molecule has 0 bridgehead atoms. The quantitative estimate of drug-likeness (QED) is 0.582. The first-order valence-electron chi connectivity index (χ1n) is 9.71. The second kappa shape index (κ2) is 7.61. The van der Waals surface area contributed by atoms with Gasteiger partial charge in [-0.3, -0.25) is 9.59 Å². The molecule has 1 unspecified atom stereocenters. The van der Waals surface area contributed by atoms with Crippen molar-refractivity contribution in [2.24, 2.45) is 5.10 Å². The van der Waals surface area contributed by atoms with Crippen molar-refractivity contribution >= 4 is 39.2 Å². The third-order valence-corrected chi connectivity index (χ3v) is 7.44. The number of amides is 2. The Bertz CT molecular complexity index is 1350. The molecule has 1 atom stereocenters. The Morgan fingerprint density at radius 3 is 2.53 bits per heavy atom. The maximum absolute atomic E-state index is 13.2. The van der Waals surface area contributed by atoms with Crippen molar-refractivity contribution in [2.45, 2.75) is 17.4 Å². The fourth-order valence-electron chi connectivity index (χ4n) is 3.84. The average Bonchev–Trinajstić information content (AvgIpc) is 3.50. The van der Waals surface area contributed by atoms with Gasteiger partial charge in [-0.2, -0.15) is 5.10 Å². The summed E-state index contributed by atoms with van der Waals surface area (Å²) in [5.74, 6) is -0.866. The molecule has 2 aliphatic heterocycles. The minimum absolute atomic E-state index is 0.0506. The molecule has 0 spiro atoms. The summed E-state index contributed by atoms with van der Waals surface area (Å²) in [6.45, 7) is -0.662. The number of rotatable bonds is 4. The third kappa shape index (κ3) is 3.30. The van der Waals surface area contributed by atoms with Crippen LogP contribution in [-0.2, 0) is 14.8 Å². The Kier molecular flexibility index (Phi) is 4.87. The first kappa shape index (κ1) is 20.5. The van der Waals surface area contributed by atoms with Crippen LogP contribution in [0.3, 0.4) is 0 Å². The van der Waals surface area contributed by atoms with Gasteiger partial charge in [0.1, 0.15) is 23.2 Å². The molecule has 32 heavy (non-hydrogen) atoms. The summed E-state index contributed by atoms with van der Waals surface area (Å²) in [5.41, 5.74) is 1.45. The van der Waals surface area contributed by atoms with Crippen molar-refractivity contribution in [3.63, 3.8) is 0 Å². The highest BCUT2D eigenvalue weighted by atomic mass is 35.5. The molecule has 2 amide bonds. The summed E-state index contributed by atoms with van der Waals surface area (Å²) in [5, 5.41) is 6.21. The van der Waals surface area contributed by atoms with E-state index in [1.54, 1.807) is 42.5 Å². The zero-order chi connectivity index (χ0) is 22.5. The van der Waals surface area contributed by atoms with Crippen molar-refractivity contribution in [2.75, 3.05) is 6.54 Å². The Morgan fingerprint density at radius 2 is 1.84 bits per heavy atom. The molecule has 1 aromatic heterocycles. The number of carbonyl (C=O) groups is 2. The number of hydrogen-bond donors (Lipinski definition) is 0. The van der Waals surface area contributed by atoms with Crippen LogP contribution in [0.1, 0.15) is 34.1 Å². The molecule has 162 valence electrons. The molecule has 0 fully saturated rings. The Morgan fingerprint density at radius 1 is 1.09 bits per heavy atom. The van der Waals surface area contributed by atoms with Crippen molar-refractivity contribution in [1.29, 1.82) is 0 Å². The van der Waals surface area contributed by atoms with E-state index in [2.05, 4.69) is 5.10 Å². The van der Waals surface area contributed by atoms with Crippen LogP contribution < -0.4 is 0 Å². The number of sulfonamides is 1. The van der Waals surface area contributed by atoms with Crippen LogP contribution in [0.4, 0.5) is 0 Å². The Hall–Kier alpha value is -3.43. The highest BCUT2D eigenvalue weighted by Gasteiger charge is 2.44. The first-order chi connectivity index (χ1) is 15.4. The molecule has 8 nitrogen and oxygen atoms in total. The van der Waals surface area contributed by atoms with Crippen LogP contribution in [0.2, 0.25) is 5.02 Å². The molecule has 2 aliphatic rings. The van der Waals surface area contributed by atoms with E-state index in [0.29, 0.717) is 27.2 Å². The predicted octanol–water partition coefficient (Wildman–Crippen LogP) is 3.46. The lowest BCUT2D eigenvalue weighted by atomic mass is 10.0. The summed E-state index contributed by atoms with van der Waals surface area (Å²) in [6, 6.07) is 15.8. The first-order valence-corrected chi connectivity index (χ1v) is 11.5. The summed E-state index contributed by atoms with van der Waals surface area (Å²) in [7, 11) is -4.11. The number of halogens is 1. The van der Waals surface area contributed by atoms with E-state index >= 15 is 0 Å². The normalized spacial score (nSPS) is 19.2. The highest BCUT2D eigenvalue weighted by Crippen LogP contribution is 2.35. The van der Waals surface area contributed by atoms with Gasteiger partial charge in [0.15, 0.2) is 0 Å². The maximum Gasteiger partial charge on any atom is 0.269 e. The molecular weight excluding hydrogens is 454 g/mol. The third-order valence-electron chi connectivity index (χ3n) is 5.41. The smallest absolute Gasteiger partial charge is 0.269 e. The number of hydrogen-bond acceptors (Lipinski definition) is 6. The van der Waals surface area contributed by atoms with Crippen molar-refractivity contribution in [3.05, 3.63) is 88.8 Å². The van der Waals surface area contributed by atoms with Crippen LogP contribution in [0.5, 0.6) is 0 Å². The molecule has 0 radical (unpaired) electrons. The lowest BCUT2D eigenvalue weighted by Crippen LogP contribution is -2.41. The van der Waals surface area contributed by atoms with Gasteiger partial charge < -0.3 is 4.42 Å². The van der Waals surface area contributed by atoms with Crippen LogP contribution in [-0.4, -0.2) is 41.8 Å². The lowest BCUT2D eigenvalue weighted by molar-refractivity contribution is -0.133. The number of furan rings is 1. The molecule has 10 heteroatoms. The molecule has 0 saturated carbocycles. The van der Waals surface area contributed by atoms with Crippen LogP contribution in [0.15, 0.2) is 81.3 Å². The zero-order valence-corrected chi connectivity index (χ0v) is 18.1. The highest BCUT2D eigenvalue weighted by molar-refractivity contribution is 7.90. The molecule has 0 N–H and O–H groups in total. The van der Waals surface area contributed by atoms with E-state index in [9.17, 15) is 18.0 Å². The summed E-state index contributed by atoms with van der Waals surface area (Å²) in [6.07, 6.45) is 1.85. The van der Waals surface area contributed by atoms with Gasteiger partial charge in [-0.05, 0) is 42.0 Å². The molecule has 3 aromatic rings. The van der Waals surface area contributed by atoms with Crippen molar-refractivity contribution in [3.8, 4) is 0 Å². The van der Waals surface area contributed by atoms with E-state index in [1.807, 2.05) is 0 Å². The minimum atomic E-state index is -4.11. The zero-order valence-electron chi connectivity index (χ0n) is 16.5. The van der Waals surface area contributed by atoms with Gasteiger partial charge in [-0.1, -0.05) is 35.9 Å². The van der Waals surface area contributed by atoms with Gasteiger partial charge in [-0.15, -0.1) is 0 Å². The Balaban J connectivity index is 1.47. The summed E-state index contributed by atoms with van der Waals surface area (Å²) < 4.78 is 31.8. The van der Waals surface area contributed by atoms with E-state index < -0.39 is 34.4 Å². The molecule has 0 aliphatic carbocycles. The Labute approximate surface area is 188 Å². The van der Waals surface area contributed by atoms with Crippen LogP contribution in [0, 0.1) is 0 Å². The fraction of sp³-hybridized carbons (Fsp3) is 0.136. The molecule has 2 aromatic carbocycles. The largest absolute Gasteiger partial charge is 0.467 e. The summed E-state index contributed by atoms with van der Waals surface area (Å²) >= 11 is 5.97. The number of nitrogens with zero attached hydrogens (tertiary/aromatic N) is 3. The molecular formula is C22H16ClN3O5S. The van der Waals surface area contributed by atoms with E-state index in [1.165, 1.54) is 29.5 Å². The number of hydrazone groups is 1. The van der Waals surface area contributed by atoms with Gasteiger partial charge in [0, 0.05) is 11.4 Å². The maximum atomic E-state index is 13.2. The topological polar surface area (TPSA) is 100 Å². The van der Waals surface area contributed by atoms with E-state index in [-0.39, 0.29) is 10.5 Å². The SMILES string of the molecule is O=C(CN1C(=O)c2ccccc2S1(=O)=O)N1N=C(c2ccc(Cl)cc2)CC1c1ccco1. The van der Waals surface area contributed by atoms with Gasteiger partial charge in [0.05, 0.1) is 17.5 Å². The standard InChI is InChI=1S/C22H16ClN3O5S/c23-15-9-7-14(8-10-15)17-12-18(19-5-3-11-31-19)26(24-17)21(27)13-25-22(28)16-4-1-2-6-20(16)32(25,29)30/h1-11,18H,12-13H2. The average molecular weight is 470 g/mol. The number of fused-ring (bicyclic) bond motifs is 1. The van der Waals surface area contributed by atoms with E-state index in [0.717, 1.165) is 5.56 Å². The minimum Gasteiger partial charge on any atom is -0.467 e. The molecule has 0 saturated heterocycles. The van der Waals surface area contributed by atoms with Gasteiger partial charge in [-0.25, -0.2) is 17.7 Å². The molecule has 5 rings (SSSR count). The van der Waals surface area contributed by atoms with E-state index in [4.69, 9.17) is 16.0 Å². The van der Waals surface area contributed by atoms with Crippen molar-refractivity contribution in [1.82, 2.24) is 9.31 Å². The monoisotopic (exact) mass is 469 g/mol. The van der Waals surface area contributed by atoms with Crippen LogP contribution >= 0.6 is 11.6 Å². The van der Waals surface area contributed by atoms with Gasteiger partial charge >= 0.3 is 0 Å². The lowest BCUT2D eigenvalue weighted by Gasteiger charge is -2.22. The second-order valence-corrected chi connectivity index (χ2v) is 9.61. The number of benzene rings is 2. The van der Waals surface area contributed by atoms with Gasteiger partial charge in [0.25, 0.3) is 21.8 Å². The summed E-state index contributed by atoms with van der Waals surface area (Å²) in [4.78, 5) is 25.8. The van der Waals surface area contributed by atoms with Gasteiger partial charge in [0.2, 0.25) is 0 Å². The predicted molar refractivity (Wildman–Crippen MR) is 116 cm³/mol.